The fourth-order valence-corrected chi connectivity index (χ4v) is 3.33. The lowest BCUT2D eigenvalue weighted by Crippen LogP contribution is -2.22. The molecule has 124 valence electrons. The Morgan fingerprint density at radius 2 is 1.25 bits per heavy atom. The molecule has 2 N–H and O–H groups in total. The third-order valence-electron chi connectivity index (χ3n) is 3.27. The van der Waals surface area contributed by atoms with E-state index in [-0.39, 0.29) is 0 Å². The molecule has 6 nitrogen and oxygen atoms in total. The zero-order chi connectivity index (χ0) is 16.4. The molecule has 0 aromatic heterocycles. The molecule has 0 saturated carbocycles. The minimum Gasteiger partial charge on any atom is -0.324 e. The lowest BCUT2D eigenvalue weighted by atomic mass is 10.1. The van der Waals surface area contributed by atoms with Crippen LogP contribution in [0.5, 0.6) is 0 Å². The highest BCUT2D eigenvalue weighted by Crippen LogP contribution is 2.53. The van der Waals surface area contributed by atoms with Gasteiger partial charge in [0.1, 0.15) is 0 Å². The summed E-state index contributed by atoms with van der Waals surface area (Å²) in [5, 5.41) is -0.812. The van der Waals surface area contributed by atoms with Crippen molar-refractivity contribution < 1.29 is 28.0 Å². The van der Waals surface area contributed by atoms with Crippen molar-refractivity contribution in [1.29, 1.82) is 0 Å². The zero-order valence-corrected chi connectivity index (χ0v) is 15.2. The maximum absolute atomic E-state index is 11.3. The van der Waals surface area contributed by atoms with Gasteiger partial charge in [0, 0.05) is 6.16 Å². The molecule has 0 aromatic carbocycles. The van der Waals surface area contributed by atoms with Crippen molar-refractivity contribution in [3.05, 3.63) is 0 Å². The third kappa shape index (κ3) is 7.92. The maximum Gasteiger partial charge on any atom is 0.331 e. The van der Waals surface area contributed by atoms with Gasteiger partial charge in [-0.05, 0) is 33.6 Å². The van der Waals surface area contributed by atoms with Crippen molar-refractivity contribution in [2.75, 3.05) is 19.4 Å². The Balaban J connectivity index is 0. The van der Waals surface area contributed by atoms with Gasteiger partial charge in [0.25, 0.3) is 0 Å². The molecule has 0 fully saturated rings. The van der Waals surface area contributed by atoms with Crippen LogP contribution in [0.3, 0.4) is 0 Å². The second-order valence-corrected chi connectivity index (χ2v) is 9.05. The van der Waals surface area contributed by atoms with Crippen molar-refractivity contribution in [3.63, 3.8) is 0 Å². The summed E-state index contributed by atoms with van der Waals surface area (Å²) in [6.07, 6.45) is 1.50. The standard InChI is InChI=1S/2C6H15O3P/c1-4-8-10(7,6-3)9-5-2;1-4-6(3,5-2)10(7,8)9/h4-6H2,1-3H3;4-5H2,1-3H3,(H2,7,8,9). The van der Waals surface area contributed by atoms with Gasteiger partial charge in [-0.25, -0.2) is 0 Å². The molecule has 0 aliphatic carbocycles. The average molecular weight is 332 g/mol. The maximum atomic E-state index is 11.3. The van der Waals surface area contributed by atoms with Crippen LogP contribution in [0.4, 0.5) is 0 Å². The summed E-state index contributed by atoms with van der Waals surface area (Å²) in [7, 11) is -6.59. The minimum absolute atomic E-state index is 0.450. The molecule has 20 heavy (non-hydrogen) atoms. The van der Waals surface area contributed by atoms with Crippen LogP contribution in [-0.2, 0) is 18.2 Å². The van der Waals surface area contributed by atoms with Gasteiger partial charge in [0.15, 0.2) is 0 Å². The summed E-state index contributed by atoms with van der Waals surface area (Å²) >= 11 is 0. The molecular formula is C12H30O6P2. The second kappa shape index (κ2) is 10.1. The molecule has 0 aromatic rings. The highest BCUT2D eigenvalue weighted by Gasteiger charge is 2.38. The predicted molar refractivity (Wildman–Crippen MR) is 82.4 cm³/mol. The summed E-state index contributed by atoms with van der Waals surface area (Å²) in [5.74, 6) is 0. The zero-order valence-electron chi connectivity index (χ0n) is 13.5. The molecule has 0 radical (unpaired) electrons. The van der Waals surface area contributed by atoms with Crippen LogP contribution in [0.2, 0.25) is 0 Å². The smallest absolute Gasteiger partial charge is 0.324 e. The molecular weight excluding hydrogens is 302 g/mol. The van der Waals surface area contributed by atoms with Gasteiger partial charge >= 0.3 is 15.2 Å². The fraction of sp³-hybridized carbons (Fsp3) is 1.00. The van der Waals surface area contributed by atoms with Crippen LogP contribution in [0.1, 0.15) is 54.4 Å². The first-order chi connectivity index (χ1) is 9.05. The van der Waals surface area contributed by atoms with Gasteiger partial charge in [0.05, 0.1) is 18.4 Å². The van der Waals surface area contributed by atoms with Crippen LogP contribution < -0.4 is 0 Å². The van der Waals surface area contributed by atoms with Crippen LogP contribution in [-0.4, -0.2) is 34.3 Å². The Morgan fingerprint density at radius 3 is 1.35 bits per heavy atom. The van der Waals surface area contributed by atoms with E-state index < -0.39 is 20.3 Å². The summed E-state index contributed by atoms with van der Waals surface area (Å²) < 4.78 is 32.1. The van der Waals surface area contributed by atoms with E-state index in [0.29, 0.717) is 32.2 Å². The molecule has 0 aliphatic rings. The monoisotopic (exact) mass is 332 g/mol. The fourth-order valence-electron chi connectivity index (χ4n) is 1.28. The average Bonchev–Trinajstić information content (AvgIpc) is 2.37. The largest absolute Gasteiger partial charge is 0.331 e. The van der Waals surface area contributed by atoms with Gasteiger partial charge in [-0.3, -0.25) is 9.13 Å². The molecule has 0 amide bonds. The van der Waals surface area contributed by atoms with Crippen LogP contribution >= 0.6 is 15.2 Å². The van der Waals surface area contributed by atoms with Gasteiger partial charge in [-0.1, -0.05) is 20.8 Å². The van der Waals surface area contributed by atoms with Crippen molar-refractivity contribution in [3.8, 4) is 0 Å². The topological polar surface area (TPSA) is 93.1 Å². The van der Waals surface area contributed by atoms with E-state index in [2.05, 4.69) is 0 Å². The third-order valence-corrected chi connectivity index (χ3v) is 7.38. The van der Waals surface area contributed by atoms with Crippen molar-refractivity contribution in [2.24, 2.45) is 0 Å². The Hall–Kier alpha value is 0.300. The molecule has 0 atom stereocenters. The number of hydrogen-bond acceptors (Lipinski definition) is 4. The molecule has 0 aliphatic heterocycles. The van der Waals surface area contributed by atoms with E-state index in [4.69, 9.17) is 18.8 Å². The van der Waals surface area contributed by atoms with Gasteiger partial charge in [-0.15, -0.1) is 0 Å². The summed E-state index contributed by atoms with van der Waals surface area (Å²) in [6, 6.07) is 0. The Morgan fingerprint density at radius 1 is 0.900 bits per heavy atom. The normalized spacial score (nSPS) is 12.8. The van der Waals surface area contributed by atoms with E-state index in [1.807, 2.05) is 0 Å². The van der Waals surface area contributed by atoms with Gasteiger partial charge in [0.2, 0.25) is 0 Å². The van der Waals surface area contributed by atoms with Crippen LogP contribution in [0.25, 0.3) is 0 Å². The molecule has 0 rings (SSSR count). The summed E-state index contributed by atoms with van der Waals surface area (Å²) in [4.78, 5) is 17.7. The quantitative estimate of drug-likeness (QED) is 0.652. The molecule has 0 saturated heterocycles. The molecule has 0 spiro atoms. The summed E-state index contributed by atoms with van der Waals surface area (Å²) in [5.41, 5.74) is 0. The minimum atomic E-state index is -3.89. The Kier molecular flexibility index (Phi) is 11.4. The Bertz CT molecular complexity index is 323. The molecule has 8 heteroatoms. The number of hydrogen-bond donors (Lipinski definition) is 2. The van der Waals surface area contributed by atoms with Crippen LogP contribution in [0.15, 0.2) is 0 Å². The highest BCUT2D eigenvalue weighted by molar-refractivity contribution is 7.54. The molecule has 0 bridgehead atoms. The van der Waals surface area contributed by atoms with E-state index in [1.54, 1.807) is 41.5 Å². The molecule has 0 heterocycles. The first-order valence-corrected chi connectivity index (χ1v) is 10.3. The van der Waals surface area contributed by atoms with Gasteiger partial charge in [-0.2, -0.15) is 0 Å². The summed E-state index contributed by atoms with van der Waals surface area (Å²) in [6.45, 7) is 11.5. The van der Waals surface area contributed by atoms with Crippen molar-refractivity contribution >= 4 is 15.2 Å². The lowest BCUT2D eigenvalue weighted by Gasteiger charge is -2.27. The van der Waals surface area contributed by atoms with Crippen LogP contribution in [0, 0.1) is 0 Å². The van der Waals surface area contributed by atoms with Crippen molar-refractivity contribution in [1.82, 2.24) is 0 Å². The lowest BCUT2D eigenvalue weighted by molar-refractivity contribution is 0.221. The van der Waals surface area contributed by atoms with E-state index >= 15 is 0 Å². The number of rotatable bonds is 8. The first kappa shape index (κ1) is 22.6. The van der Waals surface area contributed by atoms with E-state index in [1.165, 1.54) is 0 Å². The van der Waals surface area contributed by atoms with E-state index in [0.717, 1.165) is 0 Å². The Labute approximate surface area is 123 Å². The van der Waals surface area contributed by atoms with E-state index in [9.17, 15) is 9.13 Å². The second-order valence-electron chi connectivity index (χ2n) is 4.51. The predicted octanol–water partition coefficient (Wildman–Crippen LogP) is 4.02. The highest BCUT2D eigenvalue weighted by atomic mass is 31.2. The first-order valence-electron chi connectivity index (χ1n) is 6.99. The van der Waals surface area contributed by atoms with Gasteiger partial charge < -0.3 is 18.8 Å². The molecule has 0 unspecified atom stereocenters. The SMILES string of the molecule is CCC(C)(CC)P(=O)(O)O.CCOP(=O)(CC)OCC. The van der Waals surface area contributed by atoms with Crippen molar-refractivity contribution in [2.45, 2.75) is 59.5 Å².